The molecule has 1 aliphatic heterocycles. The zero-order valence-corrected chi connectivity index (χ0v) is 16.2. The molecule has 1 aliphatic rings. The average Bonchev–Trinajstić information content (AvgIpc) is 2.86. The van der Waals surface area contributed by atoms with Crippen LogP contribution in [0.2, 0.25) is 0 Å². The SMILES string of the molecule is Cc1nn(CC(C)C)c(C)c1CC(=O)NCC1COc2ccccc2C1. The molecular weight excluding hydrogens is 326 g/mol. The van der Waals surface area contributed by atoms with Gasteiger partial charge < -0.3 is 10.1 Å². The van der Waals surface area contributed by atoms with Crippen molar-refractivity contribution in [3.8, 4) is 5.75 Å². The molecule has 5 nitrogen and oxygen atoms in total. The molecule has 2 heterocycles. The molecule has 5 heteroatoms. The molecule has 1 atom stereocenters. The van der Waals surface area contributed by atoms with Crippen LogP contribution in [0.4, 0.5) is 0 Å². The number of aromatic nitrogens is 2. The third-order valence-electron chi connectivity index (χ3n) is 4.95. The summed E-state index contributed by atoms with van der Waals surface area (Å²) in [5, 5.41) is 7.68. The standard InChI is InChI=1S/C21H29N3O2/c1-14(2)12-24-16(4)19(15(3)23-24)10-21(25)22-11-17-9-18-7-5-6-8-20(18)26-13-17/h5-8,14,17H,9-13H2,1-4H3,(H,22,25). The van der Waals surface area contributed by atoms with Crippen LogP contribution < -0.4 is 10.1 Å². The van der Waals surface area contributed by atoms with Gasteiger partial charge in [-0.3, -0.25) is 9.48 Å². The Labute approximate surface area is 155 Å². The van der Waals surface area contributed by atoms with E-state index < -0.39 is 0 Å². The van der Waals surface area contributed by atoms with Gasteiger partial charge in [0, 0.05) is 30.3 Å². The van der Waals surface area contributed by atoms with Gasteiger partial charge in [-0.1, -0.05) is 32.0 Å². The number of rotatable bonds is 6. The maximum absolute atomic E-state index is 12.4. The predicted octanol–water partition coefficient (Wildman–Crippen LogP) is 3.07. The maximum atomic E-state index is 12.4. The van der Waals surface area contributed by atoms with Gasteiger partial charge in [0.05, 0.1) is 18.7 Å². The number of fused-ring (bicyclic) bond motifs is 1. The summed E-state index contributed by atoms with van der Waals surface area (Å²) in [6.45, 7) is 10.6. The van der Waals surface area contributed by atoms with Crippen molar-refractivity contribution in [3.63, 3.8) is 0 Å². The largest absolute Gasteiger partial charge is 0.493 e. The Morgan fingerprint density at radius 2 is 2.12 bits per heavy atom. The van der Waals surface area contributed by atoms with Gasteiger partial charge in [0.25, 0.3) is 0 Å². The zero-order chi connectivity index (χ0) is 18.7. The molecule has 1 unspecified atom stereocenters. The molecule has 140 valence electrons. The normalized spacial score (nSPS) is 16.3. The second-order valence-electron chi connectivity index (χ2n) is 7.70. The molecular formula is C21H29N3O2. The minimum atomic E-state index is 0.0548. The molecule has 0 spiro atoms. The summed E-state index contributed by atoms with van der Waals surface area (Å²) in [5.74, 6) is 1.88. The Morgan fingerprint density at radius 3 is 2.88 bits per heavy atom. The number of carbonyl (C=O) groups is 1. The summed E-state index contributed by atoms with van der Waals surface area (Å²) < 4.78 is 7.82. The van der Waals surface area contributed by atoms with Crippen molar-refractivity contribution < 1.29 is 9.53 Å². The monoisotopic (exact) mass is 355 g/mol. The van der Waals surface area contributed by atoms with Crippen molar-refractivity contribution in [1.82, 2.24) is 15.1 Å². The molecule has 1 N–H and O–H groups in total. The first-order chi connectivity index (χ1) is 12.4. The van der Waals surface area contributed by atoms with Crippen molar-refractivity contribution >= 4 is 5.91 Å². The Hall–Kier alpha value is -2.30. The summed E-state index contributed by atoms with van der Waals surface area (Å²) in [6.07, 6.45) is 1.33. The fraction of sp³-hybridized carbons (Fsp3) is 0.524. The van der Waals surface area contributed by atoms with Crippen molar-refractivity contribution in [1.29, 1.82) is 0 Å². The molecule has 0 aliphatic carbocycles. The van der Waals surface area contributed by atoms with Crippen LogP contribution in [0.25, 0.3) is 0 Å². The van der Waals surface area contributed by atoms with Gasteiger partial charge in [-0.2, -0.15) is 5.10 Å². The molecule has 0 bridgehead atoms. The summed E-state index contributed by atoms with van der Waals surface area (Å²) >= 11 is 0. The van der Waals surface area contributed by atoms with Crippen LogP contribution in [0.1, 0.15) is 36.4 Å². The topological polar surface area (TPSA) is 56.2 Å². The molecule has 1 aromatic heterocycles. The lowest BCUT2D eigenvalue weighted by Gasteiger charge is -2.25. The first-order valence-corrected chi connectivity index (χ1v) is 9.44. The Bertz CT molecular complexity index is 780. The molecule has 0 saturated heterocycles. The van der Waals surface area contributed by atoms with E-state index in [0.29, 0.717) is 31.4 Å². The molecule has 26 heavy (non-hydrogen) atoms. The summed E-state index contributed by atoms with van der Waals surface area (Å²) in [7, 11) is 0. The highest BCUT2D eigenvalue weighted by atomic mass is 16.5. The lowest BCUT2D eigenvalue weighted by molar-refractivity contribution is -0.120. The quantitative estimate of drug-likeness (QED) is 0.866. The van der Waals surface area contributed by atoms with E-state index in [0.717, 1.165) is 35.7 Å². The number of aryl methyl sites for hydroxylation is 1. The van der Waals surface area contributed by atoms with E-state index in [1.807, 2.05) is 29.8 Å². The second kappa shape index (κ2) is 7.94. The Morgan fingerprint density at radius 1 is 1.35 bits per heavy atom. The van der Waals surface area contributed by atoms with Crippen molar-refractivity contribution in [3.05, 3.63) is 46.8 Å². The smallest absolute Gasteiger partial charge is 0.224 e. The number of nitrogens with one attached hydrogen (secondary N) is 1. The lowest BCUT2D eigenvalue weighted by Crippen LogP contribution is -2.35. The number of carbonyl (C=O) groups excluding carboxylic acids is 1. The van der Waals surface area contributed by atoms with Gasteiger partial charge in [0.1, 0.15) is 5.75 Å². The van der Waals surface area contributed by atoms with Gasteiger partial charge in [-0.15, -0.1) is 0 Å². The average molecular weight is 355 g/mol. The van der Waals surface area contributed by atoms with Crippen LogP contribution in [0.5, 0.6) is 5.75 Å². The Kier molecular flexibility index (Phi) is 5.64. The fourth-order valence-electron chi connectivity index (χ4n) is 3.52. The molecule has 0 fully saturated rings. The van der Waals surface area contributed by atoms with Crippen molar-refractivity contribution in [2.75, 3.05) is 13.2 Å². The van der Waals surface area contributed by atoms with E-state index in [9.17, 15) is 4.79 Å². The molecule has 0 saturated carbocycles. The van der Waals surface area contributed by atoms with Crippen molar-refractivity contribution in [2.24, 2.45) is 11.8 Å². The van der Waals surface area contributed by atoms with Gasteiger partial charge >= 0.3 is 0 Å². The number of amides is 1. The van der Waals surface area contributed by atoms with E-state index in [1.54, 1.807) is 0 Å². The third-order valence-corrected chi connectivity index (χ3v) is 4.95. The minimum Gasteiger partial charge on any atom is -0.493 e. The van der Waals surface area contributed by atoms with E-state index in [4.69, 9.17) is 4.74 Å². The first kappa shape index (κ1) is 18.5. The van der Waals surface area contributed by atoms with Gasteiger partial charge in [-0.25, -0.2) is 0 Å². The summed E-state index contributed by atoms with van der Waals surface area (Å²) in [6, 6.07) is 8.12. The summed E-state index contributed by atoms with van der Waals surface area (Å²) in [5.41, 5.74) is 4.32. The number of hydrogen-bond acceptors (Lipinski definition) is 3. The van der Waals surface area contributed by atoms with Crippen LogP contribution in [0.15, 0.2) is 24.3 Å². The predicted molar refractivity (Wildman–Crippen MR) is 102 cm³/mol. The maximum Gasteiger partial charge on any atom is 0.224 e. The molecule has 1 amide bonds. The van der Waals surface area contributed by atoms with Gasteiger partial charge in [-0.05, 0) is 37.8 Å². The molecule has 3 rings (SSSR count). The van der Waals surface area contributed by atoms with E-state index in [1.165, 1.54) is 5.56 Å². The number of nitrogens with zero attached hydrogens (tertiary/aromatic N) is 2. The van der Waals surface area contributed by atoms with Crippen LogP contribution in [0, 0.1) is 25.7 Å². The molecule has 0 radical (unpaired) electrons. The van der Waals surface area contributed by atoms with Crippen LogP contribution in [-0.2, 0) is 24.2 Å². The zero-order valence-electron chi connectivity index (χ0n) is 16.2. The van der Waals surface area contributed by atoms with Gasteiger partial charge in [0.2, 0.25) is 5.91 Å². The number of para-hydroxylation sites is 1. The number of ether oxygens (including phenoxy) is 1. The highest BCUT2D eigenvalue weighted by molar-refractivity contribution is 5.79. The van der Waals surface area contributed by atoms with E-state index >= 15 is 0 Å². The molecule has 1 aromatic carbocycles. The highest BCUT2D eigenvalue weighted by Crippen LogP contribution is 2.26. The van der Waals surface area contributed by atoms with E-state index in [2.05, 4.69) is 37.3 Å². The third kappa shape index (κ3) is 4.26. The Balaban J connectivity index is 1.55. The number of hydrogen-bond donors (Lipinski definition) is 1. The lowest BCUT2D eigenvalue weighted by atomic mass is 9.96. The fourth-order valence-corrected chi connectivity index (χ4v) is 3.52. The minimum absolute atomic E-state index is 0.0548. The summed E-state index contributed by atoms with van der Waals surface area (Å²) in [4.78, 5) is 12.4. The van der Waals surface area contributed by atoms with E-state index in [-0.39, 0.29) is 5.91 Å². The van der Waals surface area contributed by atoms with Crippen molar-refractivity contribution in [2.45, 2.75) is 47.1 Å². The molecule has 2 aromatic rings. The first-order valence-electron chi connectivity index (χ1n) is 9.44. The van der Waals surface area contributed by atoms with Crippen LogP contribution in [-0.4, -0.2) is 28.8 Å². The van der Waals surface area contributed by atoms with Crippen LogP contribution in [0.3, 0.4) is 0 Å². The van der Waals surface area contributed by atoms with Gasteiger partial charge in [0.15, 0.2) is 0 Å². The second-order valence-corrected chi connectivity index (χ2v) is 7.70. The highest BCUT2D eigenvalue weighted by Gasteiger charge is 2.21. The van der Waals surface area contributed by atoms with Crippen LogP contribution >= 0.6 is 0 Å². The number of benzene rings is 1.